The molecule has 1 N–H and O–H groups in total. The molecule has 0 amide bonds. The number of ether oxygens (including phenoxy) is 1. The standard InChI is InChI=1S/C18H22N2O6/c1-4-26-16(22)18(11(2)21)10-9-17(3,23)15(20-25)14(18)12-7-5-6-8-13(12)19-24/h5-8,14-15,23H,4,9-10H2,1-3H3/t14-,15-,17+,18-/m0/s1. The summed E-state index contributed by atoms with van der Waals surface area (Å²) in [5.74, 6) is -2.46. The van der Waals surface area contributed by atoms with Crippen molar-refractivity contribution in [2.24, 2.45) is 15.8 Å². The number of benzene rings is 1. The molecule has 2 rings (SSSR count). The molecule has 140 valence electrons. The molecule has 0 aromatic heterocycles. The van der Waals surface area contributed by atoms with Crippen molar-refractivity contribution in [2.75, 3.05) is 6.61 Å². The third-order valence-corrected chi connectivity index (χ3v) is 5.26. The zero-order valence-electron chi connectivity index (χ0n) is 15.0. The molecule has 0 saturated heterocycles. The van der Waals surface area contributed by atoms with Crippen LogP contribution in [-0.4, -0.2) is 35.1 Å². The highest BCUT2D eigenvalue weighted by atomic mass is 16.5. The highest BCUT2D eigenvalue weighted by molar-refractivity contribution is 6.04. The second-order valence-corrected chi connectivity index (χ2v) is 6.78. The van der Waals surface area contributed by atoms with Crippen molar-refractivity contribution in [1.82, 2.24) is 0 Å². The molecule has 0 heterocycles. The van der Waals surface area contributed by atoms with Crippen LogP contribution in [0.2, 0.25) is 0 Å². The zero-order valence-corrected chi connectivity index (χ0v) is 15.0. The van der Waals surface area contributed by atoms with E-state index >= 15 is 0 Å². The summed E-state index contributed by atoms with van der Waals surface area (Å²) in [4.78, 5) is 48.4. The molecule has 1 saturated carbocycles. The number of Topliss-reactive ketones (excluding diaryl/α,β-unsaturated/α-hetero) is 1. The van der Waals surface area contributed by atoms with Crippen LogP contribution in [0, 0.1) is 15.2 Å². The summed E-state index contributed by atoms with van der Waals surface area (Å²) in [6, 6.07) is 4.78. The van der Waals surface area contributed by atoms with Gasteiger partial charge in [-0.3, -0.25) is 9.59 Å². The average molecular weight is 362 g/mol. The monoisotopic (exact) mass is 362 g/mol. The Morgan fingerprint density at radius 3 is 2.46 bits per heavy atom. The Bertz CT molecular complexity index is 732. The minimum atomic E-state index is -1.72. The topological polar surface area (TPSA) is 122 Å². The van der Waals surface area contributed by atoms with Gasteiger partial charge in [-0.25, -0.2) is 0 Å². The fourth-order valence-electron chi connectivity index (χ4n) is 3.85. The molecule has 4 atom stereocenters. The van der Waals surface area contributed by atoms with Gasteiger partial charge in [0.2, 0.25) is 0 Å². The van der Waals surface area contributed by atoms with E-state index in [1.807, 2.05) is 0 Å². The Morgan fingerprint density at radius 2 is 1.92 bits per heavy atom. The van der Waals surface area contributed by atoms with Crippen LogP contribution < -0.4 is 0 Å². The van der Waals surface area contributed by atoms with E-state index in [1.54, 1.807) is 19.1 Å². The zero-order chi connectivity index (χ0) is 19.5. The normalized spacial score (nSPS) is 31.1. The lowest BCUT2D eigenvalue weighted by molar-refractivity contribution is -0.168. The molecular weight excluding hydrogens is 340 g/mol. The van der Waals surface area contributed by atoms with Gasteiger partial charge in [-0.2, -0.15) is 4.91 Å². The number of nitrogens with zero attached hydrogens (tertiary/aromatic N) is 2. The van der Waals surface area contributed by atoms with Crippen molar-refractivity contribution < 1.29 is 19.4 Å². The van der Waals surface area contributed by atoms with Crippen LogP contribution in [0.3, 0.4) is 0 Å². The maximum absolute atomic E-state index is 12.8. The fourth-order valence-corrected chi connectivity index (χ4v) is 3.85. The molecular formula is C18H22N2O6. The van der Waals surface area contributed by atoms with Crippen molar-refractivity contribution >= 4 is 17.4 Å². The summed E-state index contributed by atoms with van der Waals surface area (Å²) >= 11 is 0. The van der Waals surface area contributed by atoms with Crippen LogP contribution in [-0.2, 0) is 14.3 Å². The lowest BCUT2D eigenvalue weighted by atomic mass is 9.56. The van der Waals surface area contributed by atoms with E-state index in [0.717, 1.165) is 0 Å². The third kappa shape index (κ3) is 3.05. The maximum Gasteiger partial charge on any atom is 0.320 e. The van der Waals surface area contributed by atoms with Crippen molar-refractivity contribution in [2.45, 2.75) is 51.2 Å². The largest absolute Gasteiger partial charge is 0.465 e. The first-order chi connectivity index (χ1) is 12.3. The van der Waals surface area contributed by atoms with E-state index in [-0.39, 0.29) is 30.7 Å². The molecule has 1 aromatic carbocycles. The van der Waals surface area contributed by atoms with Crippen LogP contribution in [0.1, 0.15) is 45.1 Å². The number of esters is 1. The summed E-state index contributed by atoms with van der Waals surface area (Å²) in [6.45, 7) is 4.32. The predicted octanol–water partition coefficient (Wildman–Crippen LogP) is 2.99. The van der Waals surface area contributed by atoms with Gasteiger partial charge in [0.05, 0.1) is 12.2 Å². The first-order valence-electron chi connectivity index (χ1n) is 8.41. The van der Waals surface area contributed by atoms with Gasteiger partial charge in [-0.05, 0) is 50.4 Å². The Labute approximate surface area is 150 Å². The number of aliphatic hydroxyl groups is 1. The van der Waals surface area contributed by atoms with Gasteiger partial charge >= 0.3 is 5.97 Å². The van der Waals surface area contributed by atoms with Gasteiger partial charge in [-0.1, -0.05) is 23.4 Å². The third-order valence-electron chi connectivity index (χ3n) is 5.26. The minimum absolute atomic E-state index is 0.00891. The molecule has 0 radical (unpaired) electrons. The maximum atomic E-state index is 12.8. The molecule has 0 bridgehead atoms. The second-order valence-electron chi connectivity index (χ2n) is 6.78. The number of carbonyl (C=O) groups excluding carboxylic acids is 2. The summed E-state index contributed by atoms with van der Waals surface area (Å²) in [6.07, 6.45) is -0.0208. The number of hydrogen-bond donors (Lipinski definition) is 1. The van der Waals surface area contributed by atoms with Gasteiger partial charge in [0, 0.05) is 5.92 Å². The molecule has 0 aliphatic heterocycles. The van der Waals surface area contributed by atoms with Crippen LogP contribution >= 0.6 is 0 Å². The highest BCUT2D eigenvalue weighted by Crippen LogP contribution is 2.54. The summed E-state index contributed by atoms with van der Waals surface area (Å²) in [7, 11) is 0. The number of ketones is 1. The van der Waals surface area contributed by atoms with E-state index in [1.165, 1.54) is 26.0 Å². The molecule has 1 aromatic rings. The van der Waals surface area contributed by atoms with Crippen LogP contribution in [0.25, 0.3) is 0 Å². The van der Waals surface area contributed by atoms with Gasteiger partial charge in [0.15, 0.2) is 0 Å². The molecule has 1 fully saturated rings. The molecule has 26 heavy (non-hydrogen) atoms. The van der Waals surface area contributed by atoms with E-state index < -0.39 is 34.7 Å². The first-order valence-corrected chi connectivity index (χ1v) is 8.41. The first kappa shape index (κ1) is 19.8. The Kier molecular flexibility index (Phi) is 5.65. The lowest BCUT2D eigenvalue weighted by Gasteiger charge is -2.48. The van der Waals surface area contributed by atoms with Crippen molar-refractivity contribution in [3.8, 4) is 0 Å². The lowest BCUT2D eigenvalue weighted by Crippen LogP contribution is -2.58. The Hall–Kier alpha value is -2.48. The molecule has 0 unspecified atom stereocenters. The molecule has 8 nitrogen and oxygen atoms in total. The van der Waals surface area contributed by atoms with E-state index in [4.69, 9.17) is 4.74 Å². The Morgan fingerprint density at radius 1 is 1.27 bits per heavy atom. The summed E-state index contributed by atoms with van der Waals surface area (Å²) < 4.78 is 5.14. The van der Waals surface area contributed by atoms with Gasteiger partial charge in [0.25, 0.3) is 0 Å². The van der Waals surface area contributed by atoms with Crippen molar-refractivity contribution in [3.63, 3.8) is 0 Å². The van der Waals surface area contributed by atoms with Gasteiger partial charge in [-0.15, -0.1) is 4.91 Å². The van der Waals surface area contributed by atoms with Gasteiger partial charge in [0.1, 0.15) is 22.9 Å². The fraction of sp³-hybridized carbons (Fsp3) is 0.556. The molecule has 0 spiro atoms. The number of nitroso groups, excluding NO2 is 2. The van der Waals surface area contributed by atoms with E-state index in [2.05, 4.69) is 10.4 Å². The number of hydrogen-bond acceptors (Lipinski definition) is 8. The van der Waals surface area contributed by atoms with Gasteiger partial charge < -0.3 is 9.84 Å². The van der Waals surface area contributed by atoms with E-state index in [9.17, 15) is 24.5 Å². The highest BCUT2D eigenvalue weighted by Gasteiger charge is 2.62. The smallest absolute Gasteiger partial charge is 0.320 e. The minimum Gasteiger partial charge on any atom is -0.465 e. The number of rotatable bonds is 6. The Balaban J connectivity index is 2.80. The molecule has 1 aliphatic rings. The van der Waals surface area contributed by atoms with E-state index in [0.29, 0.717) is 0 Å². The number of carbonyl (C=O) groups is 2. The second kappa shape index (κ2) is 7.41. The summed E-state index contributed by atoms with van der Waals surface area (Å²) in [5, 5.41) is 16.7. The average Bonchev–Trinajstić information content (AvgIpc) is 2.60. The van der Waals surface area contributed by atoms with Crippen LogP contribution in [0.4, 0.5) is 5.69 Å². The van der Waals surface area contributed by atoms with Crippen LogP contribution in [0.5, 0.6) is 0 Å². The van der Waals surface area contributed by atoms with Crippen molar-refractivity contribution in [3.05, 3.63) is 39.6 Å². The van der Waals surface area contributed by atoms with Crippen LogP contribution in [0.15, 0.2) is 34.6 Å². The summed E-state index contributed by atoms with van der Waals surface area (Å²) in [5.41, 5.74) is -3.07. The quantitative estimate of drug-likeness (QED) is 0.471. The SMILES string of the molecule is CCOC(=O)[C@]1(C(C)=O)CC[C@@](C)(O)[C@@H](N=O)[C@@H]1c1ccccc1N=O. The molecule has 8 heteroatoms. The molecule has 1 aliphatic carbocycles. The van der Waals surface area contributed by atoms with Crippen molar-refractivity contribution in [1.29, 1.82) is 0 Å². The predicted molar refractivity (Wildman–Crippen MR) is 93.8 cm³/mol.